The number of hydrogen-bond acceptors (Lipinski definition) is 3. The van der Waals surface area contributed by atoms with Gasteiger partial charge in [-0.2, -0.15) is 0 Å². The average Bonchev–Trinajstić information content (AvgIpc) is 3.36. The van der Waals surface area contributed by atoms with Crippen molar-refractivity contribution in [3.8, 4) is 10.8 Å². The maximum Gasteiger partial charge on any atom is 0.322 e. The van der Waals surface area contributed by atoms with Crippen molar-refractivity contribution in [3.05, 3.63) is 64.3 Å². The van der Waals surface area contributed by atoms with E-state index in [2.05, 4.69) is 35.1 Å². The maximum absolute atomic E-state index is 13.5. The van der Waals surface area contributed by atoms with Gasteiger partial charge in [0.1, 0.15) is 10.8 Å². The Balaban J connectivity index is 1.53. The fourth-order valence-corrected chi connectivity index (χ4v) is 6.18. The lowest BCUT2D eigenvalue weighted by molar-refractivity contribution is 0.181. The molecule has 1 atom stereocenters. The minimum Gasteiger partial charge on any atom is -0.497 e. The number of nitrogens with zero attached hydrogens (tertiary/aromatic N) is 2. The number of fused-ring (bicyclic) bond motifs is 5. The van der Waals surface area contributed by atoms with Crippen LogP contribution < -0.4 is 10.1 Å². The van der Waals surface area contributed by atoms with E-state index in [4.69, 9.17) is 4.74 Å². The van der Waals surface area contributed by atoms with Crippen molar-refractivity contribution in [1.29, 1.82) is 0 Å². The summed E-state index contributed by atoms with van der Waals surface area (Å²) in [6.07, 6.45) is 7.83. The smallest absolute Gasteiger partial charge is 0.322 e. The van der Waals surface area contributed by atoms with Gasteiger partial charge in [0.25, 0.3) is 0 Å². The lowest BCUT2D eigenvalue weighted by atomic mass is 9.95. The van der Waals surface area contributed by atoms with E-state index in [-0.39, 0.29) is 12.1 Å². The van der Waals surface area contributed by atoms with Crippen LogP contribution in [0.4, 0.5) is 10.5 Å². The Bertz CT molecular complexity index is 1070. The molecule has 1 aliphatic carbocycles. The molecular formula is C24H27N3O2S. The SMILES string of the molecule is CCC1c2cccn2-c2sc3c(c2CN1C(=O)Nc1ccc(OC)cc1)CCCC3. The molecule has 156 valence electrons. The number of thiophene rings is 1. The van der Waals surface area contributed by atoms with Crippen LogP contribution in [-0.4, -0.2) is 22.6 Å². The molecule has 6 heteroatoms. The van der Waals surface area contributed by atoms with E-state index in [1.54, 1.807) is 7.11 Å². The zero-order chi connectivity index (χ0) is 20.7. The lowest BCUT2D eigenvalue weighted by Crippen LogP contribution is -2.37. The maximum atomic E-state index is 13.5. The number of carbonyl (C=O) groups is 1. The Labute approximate surface area is 181 Å². The number of hydrogen-bond donors (Lipinski definition) is 1. The number of methoxy groups -OCH3 is 1. The number of rotatable bonds is 3. The van der Waals surface area contributed by atoms with E-state index in [0.29, 0.717) is 6.54 Å². The number of anilines is 1. The third kappa shape index (κ3) is 3.19. The molecule has 1 aliphatic heterocycles. The zero-order valence-corrected chi connectivity index (χ0v) is 18.3. The van der Waals surface area contributed by atoms with E-state index in [0.717, 1.165) is 24.3 Å². The van der Waals surface area contributed by atoms with Crippen LogP contribution in [0.25, 0.3) is 5.00 Å². The van der Waals surface area contributed by atoms with Gasteiger partial charge in [-0.3, -0.25) is 0 Å². The highest BCUT2D eigenvalue weighted by atomic mass is 32.1. The number of urea groups is 1. The predicted molar refractivity (Wildman–Crippen MR) is 121 cm³/mol. The number of amides is 2. The van der Waals surface area contributed by atoms with E-state index in [1.165, 1.54) is 46.0 Å². The third-order valence-electron chi connectivity index (χ3n) is 6.29. The summed E-state index contributed by atoms with van der Waals surface area (Å²) in [7, 11) is 1.64. The number of carbonyl (C=O) groups excluding carboxylic acids is 1. The van der Waals surface area contributed by atoms with Crippen molar-refractivity contribution in [1.82, 2.24) is 9.47 Å². The molecule has 5 rings (SSSR count). The number of nitrogens with one attached hydrogen (secondary N) is 1. The first-order valence-electron chi connectivity index (χ1n) is 10.7. The fourth-order valence-electron chi connectivity index (χ4n) is 4.78. The standard InChI is InChI=1S/C24H27N3O2S/c1-3-20-21-8-6-14-26(21)23-19(18-7-4-5-9-22(18)30-23)15-27(20)24(28)25-16-10-12-17(29-2)13-11-16/h6,8,10-14,20H,3-5,7,9,15H2,1-2H3,(H,25,28). The Hall–Kier alpha value is -2.73. The number of benzene rings is 1. The highest BCUT2D eigenvalue weighted by Crippen LogP contribution is 2.43. The van der Waals surface area contributed by atoms with Crippen molar-refractivity contribution in [2.24, 2.45) is 0 Å². The van der Waals surface area contributed by atoms with Crippen LogP contribution in [0.15, 0.2) is 42.6 Å². The van der Waals surface area contributed by atoms with Crippen LogP contribution in [0.5, 0.6) is 5.75 Å². The van der Waals surface area contributed by atoms with Crippen molar-refractivity contribution in [2.75, 3.05) is 12.4 Å². The van der Waals surface area contributed by atoms with E-state index < -0.39 is 0 Å². The molecule has 2 amide bonds. The van der Waals surface area contributed by atoms with Crippen molar-refractivity contribution in [3.63, 3.8) is 0 Å². The average molecular weight is 422 g/mol. The highest BCUT2D eigenvalue weighted by molar-refractivity contribution is 7.15. The molecule has 0 fully saturated rings. The van der Waals surface area contributed by atoms with E-state index in [9.17, 15) is 4.79 Å². The molecule has 0 saturated carbocycles. The largest absolute Gasteiger partial charge is 0.497 e. The highest BCUT2D eigenvalue weighted by Gasteiger charge is 2.34. The summed E-state index contributed by atoms with van der Waals surface area (Å²) in [4.78, 5) is 17.0. The van der Waals surface area contributed by atoms with Gasteiger partial charge < -0.3 is 19.5 Å². The summed E-state index contributed by atoms with van der Waals surface area (Å²) in [5.41, 5.74) is 4.80. The van der Waals surface area contributed by atoms with Gasteiger partial charge in [-0.1, -0.05) is 6.92 Å². The molecule has 0 spiro atoms. The first kappa shape index (κ1) is 19.2. The molecule has 0 saturated heterocycles. The molecule has 3 aromatic rings. The second-order valence-electron chi connectivity index (χ2n) is 8.01. The summed E-state index contributed by atoms with van der Waals surface area (Å²) in [6.45, 7) is 2.81. The fraction of sp³-hybridized carbons (Fsp3) is 0.375. The molecule has 1 unspecified atom stereocenters. The number of ether oxygens (including phenoxy) is 1. The Morgan fingerprint density at radius 2 is 1.97 bits per heavy atom. The first-order valence-corrected chi connectivity index (χ1v) is 11.5. The van der Waals surface area contributed by atoms with Crippen LogP contribution in [-0.2, 0) is 19.4 Å². The van der Waals surface area contributed by atoms with E-state index in [1.807, 2.05) is 40.5 Å². The van der Waals surface area contributed by atoms with Crippen molar-refractivity contribution < 1.29 is 9.53 Å². The predicted octanol–water partition coefficient (Wildman–Crippen LogP) is 5.93. The Morgan fingerprint density at radius 3 is 2.73 bits per heavy atom. The molecule has 1 aromatic carbocycles. The topological polar surface area (TPSA) is 46.5 Å². The van der Waals surface area contributed by atoms with Crippen LogP contribution >= 0.6 is 11.3 Å². The molecule has 0 bridgehead atoms. The second-order valence-corrected chi connectivity index (χ2v) is 9.09. The van der Waals surface area contributed by atoms with Crippen LogP contribution in [0.2, 0.25) is 0 Å². The second kappa shape index (κ2) is 7.84. The summed E-state index contributed by atoms with van der Waals surface area (Å²) in [5, 5.41) is 4.41. The molecule has 3 heterocycles. The van der Waals surface area contributed by atoms with Crippen LogP contribution in [0.1, 0.15) is 53.9 Å². The molecule has 30 heavy (non-hydrogen) atoms. The Morgan fingerprint density at radius 1 is 1.17 bits per heavy atom. The van der Waals surface area contributed by atoms with Crippen LogP contribution in [0, 0.1) is 0 Å². The molecule has 5 nitrogen and oxygen atoms in total. The van der Waals surface area contributed by atoms with Gasteiger partial charge in [-0.25, -0.2) is 4.79 Å². The Kier molecular flexibility index (Phi) is 5.03. The van der Waals surface area contributed by atoms with Gasteiger partial charge in [0, 0.05) is 28.0 Å². The van der Waals surface area contributed by atoms with Gasteiger partial charge in [0.15, 0.2) is 0 Å². The minimum atomic E-state index is -0.0524. The van der Waals surface area contributed by atoms with Gasteiger partial charge >= 0.3 is 6.03 Å². The molecule has 2 aliphatic rings. The van der Waals surface area contributed by atoms with Gasteiger partial charge in [0.05, 0.1) is 19.7 Å². The van der Waals surface area contributed by atoms with Gasteiger partial charge in [0.2, 0.25) is 0 Å². The zero-order valence-electron chi connectivity index (χ0n) is 17.5. The van der Waals surface area contributed by atoms with Crippen LogP contribution in [0.3, 0.4) is 0 Å². The molecular weight excluding hydrogens is 394 g/mol. The van der Waals surface area contributed by atoms with Gasteiger partial charge in [-0.15, -0.1) is 11.3 Å². The molecule has 2 aromatic heterocycles. The normalized spacial score (nSPS) is 17.5. The molecule has 0 radical (unpaired) electrons. The number of aromatic nitrogens is 1. The lowest BCUT2D eigenvalue weighted by Gasteiger charge is -2.30. The summed E-state index contributed by atoms with van der Waals surface area (Å²) >= 11 is 1.92. The minimum absolute atomic E-state index is 0.0390. The monoisotopic (exact) mass is 421 g/mol. The van der Waals surface area contributed by atoms with Crippen molar-refractivity contribution >= 4 is 23.1 Å². The summed E-state index contributed by atoms with van der Waals surface area (Å²) in [5.74, 6) is 0.779. The van der Waals surface area contributed by atoms with E-state index >= 15 is 0 Å². The third-order valence-corrected chi connectivity index (χ3v) is 7.63. The summed E-state index contributed by atoms with van der Waals surface area (Å²) < 4.78 is 7.56. The quantitative estimate of drug-likeness (QED) is 0.570. The summed E-state index contributed by atoms with van der Waals surface area (Å²) in [6, 6.07) is 11.8. The number of aryl methyl sites for hydroxylation is 1. The van der Waals surface area contributed by atoms with Crippen molar-refractivity contribution in [2.45, 2.75) is 51.6 Å². The molecule has 1 N–H and O–H groups in total. The van der Waals surface area contributed by atoms with Gasteiger partial charge in [-0.05, 0) is 74.1 Å². The first-order chi connectivity index (χ1) is 14.7.